The second-order valence-corrected chi connectivity index (χ2v) is 8.23. The molecule has 7 nitrogen and oxygen atoms in total. The number of amides is 1. The van der Waals surface area contributed by atoms with E-state index in [0.717, 1.165) is 22.8 Å². The molecule has 1 aromatic heterocycles. The summed E-state index contributed by atoms with van der Waals surface area (Å²) in [6.07, 6.45) is 0. The average molecular weight is 487 g/mol. The normalized spacial score (nSPS) is 13.7. The molecule has 0 aliphatic carbocycles. The number of anilines is 1. The van der Waals surface area contributed by atoms with Crippen molar-refractivity contribution in [3.05, 3.63) is 64.6 Å². The van der Waals surface area contributed by atoms with Crippen LogP contribution in [0.15, 0.2) is 54.6 Å². The summed E-state index contributed by atoms with van der Waals surface area (Å²) in [6, 6.07) is 16.8. The molecule has 1 aliphatic rings. The highest BCUT2D eigenvalue weighted by molar-refractivity contribution is 6.42. The molecule has 0 unspecified atom stereocenters. The van der Waals surface area contributed by atoms with E-state index in [1.165, 1.54) is 0 Å². The van der Waals surface area contributed by atoms with Crippen LogP contribution in [0.5, 0.6) is 11.5 Å². The van der Waals surface area contributed by atoms with Gasteiger partial charge in [0.15, 0.2) is 12.4 Å². The van der Waals surface area contributed by atoms with Crippen LogP contribution in [-0.2, 0) is 4.79 Å². The Hall–Kier alpha value is -3.03. The Morgan fingerprint density at radius 2 is 1.70 bits per heavy atom. The lowest BCUT2D eigenvalue weighted by atomic mass is 10.1. The second kappa shape index (κ2) is 10.7. The number of carbonyl (C=O) groups is 1. The number of piperazine rings is 1. The van der Waals surface area contributed by atoms with Gasteiger partial charge in [0.2, 0.25) is 0 Å². The molecule has 1 amide bonds. The van der Waals surface area contributed by atoms with Gasteiger partial charge in [-0.1, -0.05) is 29.3 Å². The van der Waals surface area contributed by atoms with Gasteiger partial charge in [-0.15, -0.1) is 10.2 Å². The van der Waals surface area contributed by atoms with E-state index in [1.54, 1.807) is 23.1 Å². The maximum Gasteiger partial charge on any atom is 0.260 e. The molecule has 1 aliphatic heterocycles. The van der Waals surface area contributed by atoms with Gasteiger partial charge in [-0.3, -0.25) is 4.79 Å². The first-order valence-corrected chi connectivity index (χ1v) is 11.5. The summed E-state index contributed by atoms with van der Waals surface area (Å²) in [5, 5.41) is 9.47. The summed E-state index contributed by atoms with van der Waals surface area (Å²) in [6.45, 7) is 4.99. The number of hydrogen-bond donors (Lipinski definition) is 0. The van der Waals surface area contributed by atoms with Crippen molar-refractivity contribution in [2.45, 2.75) is 6.92 Å². The van der Waals surface area contributed by atoms with Crippen LogP contribution in [0.1, 0.15) is 6.92 Å². The lowest BCUT2D eigenvalue weighted by Gasteiger charge is -2.35. The Morgan fingerprint density at radius 3 is 2.36 bits per heavy atom. The van der Waals surface area contributed by atoms with Crippen molar-refractivity contribution >= 4 is 34.9 Å². The maximum atomic E-state index is 12.5. The summed E-state index contributed by atoms with van der Waals surface area (Å²) in [5.41, 5.74) is 1.78. The van der Waals surface area contributed by atoms with E-state index < -0.39 is 0 Å². The summed E-state index contributed by atoms with van der Waals surface area (Å²) < 4.78 is 11.0. The van der Waals surface area contributed by atoms with Crippen LogP contribution in [0.25, 0.3) is 11.3 Å². The number of carbonyl (C=O) groups excluding carboxylic acids is 1. The third-order valence-electron chi connectivity index (χ3n) is 5.34. The molecule has 9 heteroatoms. The standard InChI is InChI=1S/C24H24Cl2N4O3/c1-2-32-18-8-6-17(7-9-18)20-10-11-22(28-27-20)29-12-14-30(15-13-29)23(31)16-33-21-5-3-4-19(25)24(21)26/h3-11H,2,12-16H2,1H3. The van der Waals surface area contributed by atoms with E-state index in [-0.39, 0.29) is 12.5 Å². The molecule has 0 N–H and O–H groups in total. The summed E-state index contributed by atoms with van der Waals surface area (Å²) >= 11 is 12.1. The van der Waals surface area contributed by atoms with Crippen molar-refractivity contribution in [3.63, 3.8) is 0 Å². The van der Waals surface area contributed by atoms with Gasteiger partial charge >= 0.3 is 0 Å². The molecule has 172 valence electrons. The fourth-order valence-electron chi connectivity index (χ4n) is 3.55. The predicted molar refractivity (Wildman–Crippen MR) is 129 cm³/mol. The van der Waals surface area contributed by atoms with Gasteiger partial charge in [0.1, 0.15) is 16.5 Å². The quantitative estimate of drug-likeness (QED) is 0.486. The molecule has 3 aromatic rings. The molecule has 0 saturated carbocycles. The van der Waals surface area contributed by atoms with Crippen molar-refractivity contribution in [3.8, 4) is 22.8 Å². The van der Waals surface area contributed by atoms with Gasteiger partial charge in [-0.2, -0.15) is 0 Å². The number of rotatable bonds is 7. The average Bonchev–Trinajstić information content (AvgIpc) is 2.86. The Labute approximate surface area is 202 Å². The molecular weight excluding hydrogens is 463 g/mol. The Bertz CT molecular complexity index is 1090. The number of hydrogen-bond acceptors (Lipinski definition) is 6. The number of benzene rings is 2. The Kier molecular flexibility index (Phi) is 7.52. The molecule has 0 spiro atoms. The summed E-state index contributed by atoms with van der Waals surface area (Å²) in [4.78, 5) is 16.4. The lowest BCUT2D eigenvalue weighted by Crippen LogP contribution is -2.50. The van der Waals surface area contributed by atoms with E-state index in [9.17, 15) is 4.79 Å². The highest BCUT2D eigenvalue weighted by Crippen LogP contribution is 2.31. The van der Waals surface area contributed by atoms with Gasteiger partial charge in [-0.25, -0.2) is 0 Å². The number of ether oxygens (including phenoxy) is 2. The maximum absolute atomic E-state index is 12.5. The highest BCUT2D eigenvalue weighted by atomic mass is 35.5. The molecule has 2 aromatic carbocycles. The summed E-state index contributed by atoms with van der Waals surface area (Å²) in [7, 11) is 0. The van der Waals surface area contributed by atoms with Gasteiger partial charge in [0.25, 0.3) is 5.91 Å². The first-order chi connectivity index (χ1) is 16.0. The van der Waals surface area contributed by atoms with Crippen molar-refractivity contribution < 1.29 is 14.3 Å². The van der Waals surface area contributed by atoms with Crippen molar-refractivity contribution in [1.82, 2.24) is 15.1 Å². The predicted octanol–water partition coefficient (Wildman–Crippen LogP) is 4.58. The van der Waals surface area contributed by atoms with Gasteiger partial charge in [0, 0.05) is 31.7 Å². The van der Waals surface area contributed by atoms with E-state index in [0.29, 0.717) is 48.6 Å². The van der Waals surface area contributed by atoms with Crippen LogP contribution in [0.4, 0.5) is 5.82 Å². The van der Waals surface area contributed by atoms with Gasteiger partial charge in [-0.05, 0) is 55.5 Å². The number of aromatic nitrogens is 2. The topological polar surface area (TPSA) is 67.8 Å². The summed E-state index contributed by atoms with van der Waals surface area (Å²) in [5.74, 6) is 1.93. The zero-order chi connectivity index (χ0) is 23.2. The number of halogens is 2. The molecule has 0 bridgehead atoms. The molecule has 33 heavy (non-hydrogen) atoms. The zero-order valence-corrected chi connectivity index (χ0v) is 19.7. The van der Waals surface area contributed by atoms with Crippen molar-refractivity contribution in [1.29, 1.82) is 0 Å². The fourth-order valence-corrected chi connectivity index (χ4v) is 3.89. The molecule has 1 fully saturated rings. The lowest BCUT2D eigenvalue weighted by molar-refractivity contribution is -0.133. The minimum atomic E-state index is -0.0948. The highest BCUT2D eigenvalue weighted by Gasteiger charge is 2.23. The third kappa shape index (κ3) is 5.67. The third-order valence-corrected chi connectivity index (χ3v) is 6.14. The molecule has 0 radical (unpaired) electrons. The largest absolute Gasteiger partial charge is 0.494 e. The van der Waals surface area contributed by atoms with Gasteiger partial charge < -0.3 is 19.3 Å². The Morgan fingerprint density at radius 1 is 0.939 bits per heavy atom. The van der Waals surface area contributed by atoms with Crippen LogP contribution in [0, 0.1) is 0 Å². The minimum Gasteiger partial charge on any atom is -0.494 e. The van der Waals surface area contributed by atoms with Crippen molar-refractivity contribution in [2.24, 2.45) is 0 Å². The van der Waals surface area contributed by atoms with Crippen LogP contribution in [0.2, 0.25) is 10.0 Å². The van der Waals surface area contributed by atoms with Gasteiger partial charge in [0.05, 0.1) is 17.3 Å². The zero-order valence-electron chi connectivity index (χ0n) is 18.2. The van der Waals surface area contributed by atoms with Crippen LogP contribution >= 0.6 is 23.2 Å². The number of nitrogens with zero attached hydrogens (tertiary/aromatic N) is 4. The van der Waals surface area contributed by atoms with Crippen LogP contribution in [0.3, 0.4) is 0 Å². The minimum absolute atomic E-state index is 0.0867. The van der Waals surface area contributed by atoms with Crippen LogP contribution < -0.4 is 14.4 Å². The molecule has 2 heterocycles. The molecule has 1 saturated heterocycles. The van der Waals surface area contributed by atoms with Crippen LogP contribution in [-0.4, -0.2) is 60.4 Å². The van der Waals surface area contributed by atoms with E-state index in [4.69, 9.17) is 32.7 Å². The first-order valence-electron chi connectivity index (χ1n) is 10.7. The second-order valence-electron chi connectivity index (χ2n) is 7.44. The van der Waals surface area contributed by atoms with E-state index >= 15 is 0 Å². The Balaban J connectivity index is 1.29. The van der Waals surface area contributed by atoms with Crippen molar-refractivity contribution in [2.75, 3.05) is 44.3 Å². The first kappa shape index (κ1) is 23.1. The fraction of sp³-hybridized carbons (Fsp3) is 0.292. The molecule has 4 rings (SSSR count). The molecule has 0 atom stereocenters. The van der Waals surface area contributed by atoms with E-state index in [1.807, 2.05) is 43.3 Å². The monoisotopic (exact) mass is 486 g/mol. The smallest absolute Gasteiger partial charge is 0.260 e. The van der Waals surface area contributed by atoms with E-state index in [2.05, 4.69) is 15.1 Å². The SMILES string of the molecule is CCOc1ccc(-c2ccc(N3CCN(C(=O)COc4cccc(Cl)c4Cl)CC3)nn2)cc1. The molecular formula is C24H24Cl2N4O3.